The molecular formula is C13H16N2O2. The van der Waals surface area contributed by atoms with E-state index in [1.54, 1.807) is 7.11 Å². The second-order valence-electron chi connectivity index (χ2n) is 4.63. The SMILES string of the molecule is COc1ccc2c(c1)C1(CCC2)CN=C(N)O1. The van der Waals surface area contributed by atoms with Crippen molar-refractivity contribution in [2.75, 3.05) is 13.7 Å². The van der Waals surface area contributed by atoms with Gasteiger partial charge in [-0.05, 0) is 37.0 Å². The molecule has 1 aliphatic carbocycles. The fourth-order valence-corrected chi connectivity index (χ4v) is 2.76. The summed E-state index contributed by atoms with van der Waals surface area (Å²) in [6.07, 6.45) is 3.17. The van der Waals surface area contributed by atoms with Gasteiger partial charge in [0, 0.05) is 5.56 Å². The molecule has 1 unspecified atom stereocenters. The first kappa shape index (κ1) is 10.4. The molecule has 1 spiro atoms. The van der Waals surface area contributed by atoms with Crippen LogP contribution in [0.1, 0.15) is 24.0 Å². The number of aryl methyl sites for hydroxylation is 1. The lowest BCUT2D eigenvalue weighted by atomic mass is 9.79. The molecule has 3 rings (SSSR count). The average molecular weight is 232 g/mol. The predicted octanol–water partition coefficient (Wildman–Crippen LogP) is 1.57. The summed E-state index contributed by atoms with van der Waals surface area (Å²) >= 11 is 0. The number of aliphatic imine (C=N–C) groups is 1. The monoisotopic (exact) mass is 232 g/mol. The summed E-state index contributed by atoms with van der Waals surface area (Å²) in [4.78, 5) is 4.20. The van der Waals surface area contributed by atoms with Crippen LogP contribution >= 0.6 is 0 Å². The Hall–Kier alpha value is -1.71. The van der Waals surface area contributed by atoms with Crippen molar-refractivity contribution in [2.24, 2.45) is 10.7 Å². The third-order valence-corrected chi connectivity index (χ3v) is 3.62. The van der Waals surface area contributed by atoms with Crippen LogP contribution < -0.4 is 10.5 Å². The van der Waals surface area contributed by atoms with E-state index in [0.717, 1.165) is 25.0 Å². The van der Waals surface area contributed by atoms with Crippen LogP contribution in [0.2, 0.25) is 0 Å². The molecule has 0 bridgehead atoms. The van der Waals surface area contributed by atoms with Gasteiger partial charge in [0.15, 0.2) is 5.60 Å². The molecule has 0 amide bonds. The first-order valence-electron chi connectivity index (χ1n) is 5.90. The molecule has 90 valence electrons. The molecule has 1 atom stereocenters. The van der Waals surface area contributed by atoms with Gasteiger partial charge >= 0.3 is 0 Å². The third kappa shape index (κ3) is 1.55. The molecule has 2 N–H and O–H groups in total. The molecule has 0 saturated carbocycles. The summed E-state index contributed by atoms with van der Waals surface area (Å²) in [6.45, 7) is 0.624. The summed E-state index contributed by atoms with van der Waals surface area (Å²) in [5, 5.41) is 0. The molecule has 0 fully saturated rings. The zero-order chi connectivity index (χ0) is 11.9. The summed E-state index contributed by atoms with van der Waals surface area (Å²) < 4.78 is 11.1. The van der Waals surface area contributed by atoms with Gasteiger partial charge < -0.3 is 15.2 Å². The Bertz CT molecular complexity index is 484. The molecular weight excluding hydrogens is 216 g/mol. The number of ether oxygens (including phenoxy) is 2. The van der Waals surface area contributed by atoms with Gasteiger partial charge in [-0.3, -0.25) is 0 Å². The van der Waals surface area contributed by atoms with Crippen LogP contribution in [0.4, 0.5) is 0 Å². The van der Waals surface area contributed by atoms with Crippen LogP contribution in [0.5, 0.6) is 5.75 Å². The summed E-state index contributed by atoms with van der Waals surface area (Å²) in [6, 6.07) is 6.48. The minimum absolute atomic E-state index is 0.306. The fourth-order valence-electron chi connectivity index (χ4n) is 2.76. The lowest BCUT2D eigenvalue weighted by molar-refractivity contribution is 0.0636. The van der Waals surface area contributed by atoms with E-state index < -0.39 is 0 Å². The number of methoxy groups -OCH3 is 1. The Morgan fingerprint density at radius 2 is 2.35 bits per heavy atom. The van der Waals surface area contributed by atoms with Gasteiger partial charge in [0.2, 0.25) is 0 Å². The van der Waals surface area contributed by atoms with Crippen LogP contribution in [-0.4, -0.2) is 19.7 Å². The molecule has 1 aliphatic heterocycles. The summed E-state index contributed by atoms with van der Waals surface area (Å²) in [5.74, 6) is 0.860. The van der Waals surface area contributed by atoms with Crippen molar-refractivity contribution in [2.45, 2.75) is 24.9 Å². The highest BCUT2D eigenvalue weighted by Gasteiger charge is 2.42. The molecule has 1 heterocycles. The Morgan fingerprint density at radius 1 is 1.47 bits per heavy atom. The van der Waals surface area contributed by atoms with Crippen LogP contribution in [0.15, 0.2) is 23.2 Å². The second-order valence-corrected chi connectivity index (χ2v) is 4.63. The highest BCUT2D eigenvalue weighted by molar-refractivity contribution is 5.74. The lowest BCUT2D eigenvalue weighted by Crippen LogP contribution is -2.35. The van der Waals surface area contributed by atoms with E-state index in [9.17, 15) is 0 Å². The van der Waals surface area contributed by atoms with Gasteiger partial charge in [0.1, 0.15) is 5.75 Å². The van der Waals surface area contributed by atoms with Crippen molar-refractivity contribution in [3.8, 4) is 5.75 Å². The second kappa shape index (κ2) is 3.65. The van der Waals surface area contributed by atoms with Gasteiger partial charge in [-0.15, -0.1) is 0 Å². The van der Waals surface area contributed by atoms with E-state index in [1.165, 1.54) is 11.1 Å². The van der Waals surface area contributed by atoms with Gasteiger partial charge in [0.05, 0.1) is 13.7 Å². The van der Waals surface area contributed by atoms with Crippen molar-refractivity contribution < 1.29 is 9.47 Å². The van der Waals surface area contributed by atoms with E-state index in [1.807, 2.05) is 6.07 Å². The zero-order valence-electron chi connectivity index (χ0n) is 9.90. The van der Waals surface area contributed by atoms with Crippen molar-refractivity contribution in [3.63, 3.8) is 0 Å². The third-order valence-electron chi connectivity index (χ3n) is 3.62. The normalized spacial score (nSPS) is 26.3. The Kier molecular flexibility index (Phi) is 2.24. The van der Waals surface area contributed by atoms with Crippen molar-refractivity contribution >= 4 is 6.02 Å². The Labute approximate surface area is 100 Å². The molecule has 17 heavy (non-hydrogen) atoms. The number of hydrogen-bond donors (Lipinski definition) is 1. The summed E-state index contributed by atoms with van der Waals surface area (Å²) in [7, 11) is 1.68. The van der Waals surface area contributed by atoms with Crippen LogP contribution in [0.3, 0.4) is 0 Å². The van der Waals surface area contributed by atoms with Crippen LogP contribution in [-0.2, 0) is 16.8 Å². The minimum atomic E-state index is -0.341. The van der Waals surface area contributed by atoms with E-state index in [-0.39, 0.29) is 5.60 Å². The average Bonchev–Trinajstić information content (AvgIpc) is 2.72. The maximum Gasteiger partial charge on any atom is 0.283 e. The van der Waals surface area contributed by atoms with Crippen molar-refractivity contribution in [1.82, 2.24) is 0 Å². The number of nitrogens with zero attached hydrogens (tertiary/aromatic N) is 1. The largest absolute Gasteiger partial charge is 0.497 e. The standard InChI is InChI=1S/C13H16N2O2/c1-16-10-5-4-9-3-2-6-13(11(9)7-10)8-15-12(14)17-13/h4-5,7H,2-3,6,8H2,1H3,(H2,14,15). The predicted molar refractivity (Wildman–Crippen MR) is 65.2 cm³/mol. The number of amidine groups is 1. The van der Waals surface area contributed by atoms with Gasteiger partial charge in [-0.2, -0.15) is 0 Å². The first-order chi connectivity index (χ1) is 8.23. The highest BCUT2D eigenvalue weighted by atomic mass is 16.5. The number of hydrogen-bond acceptors (Lipinski definition) is 4. The highest BCUT2D eigenvalue weighted by Crippen LogP contribution is 2.42. The maximum absolute atomic E-state index is 5.79. The number of fused-ring (bicyclic) bond motifs is 2. The van der Waals surface area contributed by atoms with Crippen molar-refractivity contribution in [1.29, 1.82) is 0 Å². The van der Waals surface area contributed by atoms with Gasteiger partial charge in [0.25, 0.3) is 6.02 Å². The topological polar surface area (TPSA) is 56.8 Å². The zero-order valence-corrected chi connectivity index (χ0v) is 9.90. The first-order valence-corrected chi connectivity index (χ1v) is 5.90. The number of benzene rings is 1. The molecule has 4 nitrogen and oxygen atoms in total. The molecule has 0 radical (unpaired) electrons. The molecule has 4 heteroatoms. The van der Waals surface area contributed by atoms with E-state index in [2.05, 4.69) is 17.1 Å². The van der Waals surface area contributed by atoms with E-state index in [4.69, 9.17) is 15.2 Å². The quantitative estimate of drug-likeness (QED) is 0.799. The van der Waals surface area contributed by atoms with E-state index in [0.29, 0.717) is 12.6 Å². The molecule has 2 aliphatic rings. The number of nitrogens with two attached hydrogens (primary N) is 1. The Balaban J connectivity index is 2.06. The van der Waals surface area contributed by atoms with Crippen molar-refractivity contribution in [3.05, 3.63) is 29.3 Å². The minimum Gasteiger partial charge on any atom is -0.497 e. The molecule has 0 saturated heterocycles. The van der Waals surface area contributed by atoms with Gasteiger partial charge in [-0.25, -0.2) is 4.99 Å². The van der Waals surface area contributed by atoms with Crippen LogP contribution in [0, 0.1) is 0 Å². The number of rotatable bonds is 1. The molecule has 1 aromatic rings. The molecule has 0 aromatic heterocycles. The fraction of sp³-hybridized carbons (Fsp3) is 0.462. The molecule has 1 aromatic carbocycles. The summed E-state index contributed by atoms with van der Waals surface area (Å²) in [5.41, 5.74) is 7.83. The Morgan fingerprint density at radius 3 is 3.06 bits per heavy atom. The van der Waals surface area contributed by atoms with Gasteiger partial charge in [-0.1, -0.05) is 6.07 Å². The lowest BCUT2D eigenvalue weighted by Gasteiger charge is -2.34. The smallest absolute Gasteiger partial charge is 0.283 e. The van der Waals surface area contributed by atoms with Crippen LogP contribution in [0.25, 0.3) is 0 Å². The van der Waals surface area contributed by atoms with E-state index >= 15 is 0 Å². The maximum atomic E-state index is 5.79.